The van der Waals surface area contributed by atoms with Crippen LogP contribution in [0.15, 0.2) is 71.8 Å². The van der Waals surface area contributed by atoms with Crippen LogP contribution in [-0.2, 0) is 4.79 Å². The normalized spacial score (nSPS) is 16.3. The summed E-state index contributed by atoms with van der Waals surface area (Å²) in [6.45, 7) is 0. The molecular weight excluding hydrogens is 336 g/mol. The van der Waals surface area contributed by atoms with Crippen molar-refractivity contribution < 1.29 is 4.79 Å². The zero-order valence-electron chi connectivity index (χ0n) is 12.5. The van der Waals surface area contributed by atoms with Gasteiger partial charge in [-0.1, -0.05) is 60.4 Å². The number of thiocarbonyl (C=S) groups is 1. The molecule has 5 heteroatoms. The van der Waals surface area contributed by atoms with E-state index >= 15 is 0 Å². The van der Waals surface area contributed by atoms with Crippen molar-refractivity contribution in [2.75, 3.05) is 4.90 Å². The Balaban J connectivity index is 1.76. The number of rotatable bonds is 2. The summed E-state index contributed by atoms with van der Waals surface area (Å²) in [5.41, 5.74) is 2.67. The minimum Gasteiger partial charge on any atom is -0.268 e. The molecule has 3 nitrogen and oxygen atoms in total. The minimum absolute atomic E-state index is 0.0860. The summed E-state index contributed by atoms with van der Waals surface area (Å²) in [5, 5.41) is 1.02. The maximum atomic E-state index is 12.8. The maximum Gasteiger partial charge on any atom is 0.270 e. The number of hydrogen-bond acceptors (Lipinski definition) is 4. The first kappa shape index (κ1) is 15.1. The van der Waals surface area contributed by atoms with E-state index in [9.17, 15) is 4.79 Å². The minimum atomic E-state index is -0.0860. The summed E-state index contributed by atoms with van der Waals surface area (Å²) in [6, 6.07) is 19.3. The number of amides is 1. The topological polar surface area (TPSA) is 33.2 Å². The predicted octanol–water partition coefficient (Wildman–Crippen LogP) is 4.64. The van der Waals surface area contributed by atoms with Crippen molar-refractivity contribution in [3.63, 3.8) is 0 Å². The number of thioether (sulfide) groups is 1. The molecule has 0 aliphatic carbocycles. The molecule has 1 aromatic heterocycles. The Morgan fingerprint density at radius 2 is 1.75 bits per heavy atom. The van der Waals surface area contributed by atoms with E-state index < -0.39 is 0 Å². The van der Waals surface area contributed by atoms with Crippen LogP contribution in [0, 0.1) is 0 Å². The molecule has 24 heavy (non-hydrogen) atoms. The molecule has 2 heterocycles. The number of hydrogen-bond donors (Lipinski definition) is 0. The van der Waals surface area contributed by atoms with E-state index in [1.165, 1.54) is 11.8 Å². The molecule has 1 amide bonds. The van der Waals surface area contributed by atoms with Crippen molar-refractivity contribution in [1.82, 2.24) is 4.98 Å². The van der Waals surface area contributed by atoms with Crippen LogP contribution in [0.1, 0.15) is 5.56 Å². The number of benzene rings is 2. The van der Waals surface area contributed by atoms with Crippen LogP contribution in [-0.4, -0.2) is 15.2 Å². The molecule has 1 aliphatic rings. The number of para-hydroxylation sites is 2. The largest absolute Gasteiger partial charge is 0.270 e. The van der Waals surface area contributed by atoms with Crippen molar-refractivity contribution >= 4 is 56.9 Å². The quantitative estimate of drug-likeness (QED) is 0.499. The molecule has 1 saturated heterocycles. The third-order valence-electron chi connectivity index (χ3n) is 3.78. The summed E-state index contributed by atoms with van der Waals surface area (Å²) in [6.07, 6.45) is 3.65. The first-order valence-electron chi connectivity index (χ1n) is 7.41. The third kappa shape index (κ3) is 2.62. The molecule has 3 aromatic rings. The van der Waals surface area contributed by atoms with E-state index in [0.29, 0.717) is 9.23 Å². The average molecular weight is 348 g/mol. The van der Waals surface area contributed by atoms with Gasteiger partial charge in [0.25, 0.3) is 5.91 Å². The summed E-state index contributed by atoms with van der Waals surface area (Å²) in [7, 11) is 0. The summed E-state index contributed by atoms with van der Waals surface area (Å²) < 4.78 is 0.552. The summed E-state index contributed by atoms with van der Waals surface area (Å²) in [4.78, 5) is 19.4. The molecule has 0 atom stereocenters. The highest BCUT2D eigenvalue weighted by molar-refractivity contribution is 8.27. The van der Waals surface area contributed by atoms with Crippen LogP contribution < -0.4 is 4.90 Å². The van der Waals surface area contributed by atoms with Gasteiger partial charge in [-0.3, -0.25) is 14.7 Å². The monoisotopic (exact) mass is 348 g/mol. The Kier molecular flexibility index (Phi) is 3.88. The lowest BCUT2D eigenvalue weighted by molar-refractivity contribution is -0.113. The van der Waals surface area contributed by atoms with Crippen LogP contribution in [0.4, 0.5) is 5.69 Å². The molecule has 1 aliphatic heterocycles. The van der Waals surface area contributed by atoms with Gasteiger partial charge in [0.15, 0.2) is 4.32 Å². The van der Waals surface area contributed by atoms with Crippen molar-refractivity contribution in [2.45, 2.75) is 0 Å². The van der Waals surface area contributed by atoms with Gasteiger partial charge in [-0.2, -0.15) is 0 Å². The number of carbonyl (C=O) groups excluding carboxylic acids is 1. The molecule has 1 fully saturated rings. The van der Waals surface area contributed by atoms with Gasteiger partial charge in [-0.15, -0.1) is 0 Å². The zero-order valence-corrected chi connectivity index (χ0v) is 14.2. The Morgan fingerprint density at radius 1 is 1.00 bits per heavy atom. The van der Waals surface area contributed by atoms with Crippen LogP contribution in [0.2, 0.25) is 0 Å². The highest BCUT2D eigenvalue weighted by Crippen LogP contribution is 2.36. The fourth-order valence-electron chi connectivity index (χ4n) is 2.65. The fourth-order valence-corrected chi connectivity index (χ4v) is 3.94. The second kappa shape index (κ2) is 6.19. The van der Waals surface area contributed by atoms with Gasteiger partial charge in [0.05, 0.1) is 16.1 Å². The lowest BCUT2D eigenvalue weighted by atomic mass is 10.1. The molecule has 2 aromatic carbocycles. The van der Waals surface area contributed by atoms with Crippen LogP contribution in [0.25, 0.3) is 17.0 Å². The molecule has 0 N–H and O–H groups in total. The van der Waals surface area contributed by atoms with Crippen molar-refractivity contribution in [3.05, 3.63) is 77.3 Å². The van der Waals surface area contributed by atoms with Gasteiger partial charge >= 0.3 is 0 Å². The summed E-state index contributed by atoms with van der Waals surface area (Å²) >= 11 is 6.73. The van der Waals surface area contributed by atoms with Crippen molar-refractivity contribution in [2.24, 2.45) is 0 Å². The molecule has 0 bridgehead atoms. The highest BCUT2D eigenvalue weighted by atomic mass is 32.2. The highest BCUT2D eigenvalue weighted by Gasteiger charge is 2.33. The number of nitrogens with zero attached hydrogens (tertiary/aromatic N) is 2. The second-order valence-corrected chi connectivity index (χ2v) is 6.95. The molecule has 4 rings (SSSR count). The molecular formula is C19H12N2OS2. The van der Waals surface area contributed by atoms with E-state index in [4.69, 9.17) is 12.2 Å². The smallest absolute Gasteiger partial charge is 0.268 e. The number of carbonyl (C=O) groups is 1. The SMILES string of the molecule is O=C1/C(=C\c2ccnc3ccccc23)SC(=S)N1c1ccccc1. The van der Waals surface area contributed by atoms with Crippen molar-refractivity contribution in [3.8, 4) is 0 Å². The molecule has 0 radical (unpaired) electrons. The van der Waals surface area contributed by atoms with Gasteiger partial charge in [-0.25, -0.2) is 0 Å². The summed E-state index contributed by atoms with van der Waals surface area (Å²) in [5.74, 6) is -0.0860. The first-order valence-corrected chi connectivity index (χ1v) is 8.63. The Morgan fingerprint density at radius 3 is 2.58 bits per heavy atom. The van der Waals surface area contributed by atoms with Gasteiger partial charge in [-0.05, 0) is 35.9 Å². The Bertz CT molecular complexity index is 978. The average Bonchev–Trinajstić information content (AvgIpc) is 2.90. The van der Waals surface area contributed by atoms with Crippen LogP contribution >= 0.6 is 24.0 Å². The van der Waals surface area contributed by atoms with Gasteiger partial charge in [0.2, 0.25) is 0 Å². The lowest BCUT2D eigenvalue weighted by Gasteiger charge is -2.13. The standard InChI is InChI=1S/C19H12N2OS2/c22-18-17(24-19(23)21(18)14-6-2-1-3-7-14)12-13-10-11-20-16-9-5-4-8-15(13)16/h1-12H/b17-12+. The van der Waals surface area contributed by atoms with Crippen LogP contribution in [0.5, 0.6) is 0 Å². The number of aromatic nitrogens is 1. The van der Waals surface area contributed by atoms with Gasteiger partial charge < -0.3 is 0 Å². The molecule has 0 spiro atoms. The first-order chi connectivity index (χ1) is 11.7. The second-order valence-electron chi connectivity index (χ2n) is 5.27. The van der Waals surface area contributed by atoms with E-state index in [2.05, 4.69) is 4.98 Å². The zero-order chi connectivity index (χ0) is 16.5. The molecule has 116 valence electrons. The Hall–Kier alpha value is -2.50. The maximum absolute atomic E-state index is 12.8. The van der Waals surface area contributed by atoms with E-state index in [0.717, 1.165) is 22.2 Å². The van der Waals surface area contributed by atoms with E-state index in [1.807, 2.05) is 66.7 Å². The van der Waals surface area contributed by atoms with E-state index in [-0.39, 0.29) is 5.91 Å². The molecule has 0 unspecified atom stereocenters. The fraction of sp³-hybridized carbons (Fsp3) is 0. The molecule has 0 saturated carbocycles. The Labute approximate surface area is 149 Å². The predicted molar refractivity (Wildman–Crippen MR) is 104 cm³/mol. The van der Waals surface area contributed by atoms with Gasteiger partial charge in [0, 0.05) is 11.6 Å². The van der Waals surface area contributed by atoms with Crippen LogP contribution in [0.3, 0.4) is 0 Å². The number of fused-ring (bicyclic) bond motifs is 1. The third-order valence-corrected chi connectivity index (χ3v) is 5.08. The number of anilines is 1. The lowest BCUT2D eigenvalue weighted by Crippen LogP contribution is -2.27. The van der Waals surface area contributed by atoms with Crippen molar-refractivity contribution in [1.29, 1.82) is 0 Å². The van der Waals surface area contributed by atoms with E-state index in [1.54, 1.807) is 11.1 Å². The van der Waals surface area contributed by atoms with Gasteiger partial charge in [0.1, 0.15) is 0 Å². The number of pyridine rings is 1.